The zero-order valence-corrected chi connectivity index (χ0v) is 11.6. The fourth-order valence-corrected chi connectivity index (χ4v) is 2.93. The molecule has 2 aliphatic heterocycles. The van der Waals surface area contributed by atoms with Gasteiger partial charge in [-0.1, -0.05) is 6.07 Å². The topological polar surface area (TPSA) is 35.6 Å². The lowest BCUT2D eigenvalue weighted by Crippen LogP contribution is -2.64. The lowest BCUT2D eigenvalue weighted by molar-refractivity contribution is -0.126. The largest absolute Gasteiger partial charge is 0.313 e. The van der Waals surface area contributed by atoms with Gasteiger partial charge in [0.25, 0.3) is 0 Å². The number of carbonyl (C=O) groups excluding carboxylic acids is 1. The molecule has 0 spiro atoms. The molecule has 1 aromatic rings. The summed E-state index contributed by atoms with van der Waals surface area (Å²) in [6.07, 6.45) is 0. The second-order valence-corrected chi connectivity index (χ2v) is 5.51. The average Bonchev–Trinajstić information content (AvgIpc) is 2.43. The Morgan fingerprint density at radius 1 is 1.16 bits per heavy atom. The standard InChI is InChI=1S/C15H21N3O/c1-11-3-4-13(9-12(11)2)18-8-7-17-6-5-16-10-14(17)15(18)19/h3-4,9,14,16H,5-8,10H2,1-2H3. The Morgan fingerprint density at radius 2 is 2.00 bits per heavy atom. The second kappa shape index (κ2) is 4.94. The highest BCUT2D eigenvalue weighted by atomic mass is 16.2. The molecule has 4 heteroatoms. The maximum Gasteiger partial charge on any atom is 0.245 e. The van der Waals surface area contributed by atoms with Gasteiger partial charge in [-0.15, -0.1) is 0 Å². The molecule has 1 N–H and O–H groups in total. The van der Waals surface area contributed by atoms with Crippen molar-refractivity contribution >= 4 is 11.6 Å². The first-order valence-electron chi connectivity index (χ1n) is 7.00. The van der Waals surface area contributed by atoms with Crippen LogP contribution in [0.3, 0.4) is 0 Å². The molecular weight excluding hydrogens is 238 g/mol. The first kappa shape index (κ1) is 12.6. The van der Waals surface area contributed by atoms with E-state index < -0.39 is 0 Å². The number of nitrogens with one attached hydrogen (secondary N) is 1. The van der Waals surface area contributed by atoms with Crippen LogP contribution < -0.4 is 10.2 Å². The molecule has 1 aromatic carbocycles. The van der Waals surface area contributed by atoms with Gasteiger partial charge >= 0.3 is 0 Å². The van der Waals surface area contributed by atoms with Crippen LogP contribution in [0.15, 0.2) is 18.2 Å². The molecular formula is C15H21N3O. The molecule has 0 saturated carbocycles. The highest BCUT2D eigenvalue weighted by Gasteiger charge is 2.36. The van der Waals surface area contributed by atoms with Crippen molar-refractivity contribution in [2.24, 2.45) is 0 Å². The van der Waals surface area contributed by atoms with Crippen LogP contribution in [0.1, 0.15) is 11.1 Å². The van der Waals surface area contributed by atoms with Crippen molar-refractivity contribution in [1.29, 1.82) is 0 Å². The highest BCUT2D eigenvalue weighted by Crippen LogP contribution is 2.23. The Bertz CT molecular complexity index is 500. The fourth-order valence-electron chi connectivity index (χ4n) is 2.93. The van der Waals surface area contributed by atoms with Crippen LogP contribution in [0.4, 0.5) is 5.69 Å². The van der Waals surface area contributed by atoms with Crippen molar-refractivity contribution in [3.8, 4) is 0 Å². The molecule has 19 heavy (non-hydrogen) atoms. The number of rotatable bonds is 1. The highest BCUT2D eigenvalue weighted by molar-refractivity contribution is 5.98. The van der Waals surface area contributed by atoms with Crippen molar-refractivity contribution in [2.45, 2.75) is 19.9 Å². The molecule has 1 unspecified atom stereocenters. The van der Waals surface area contributed by atoms with E-state index in [0.717, 1.165) is 38.4 Å². The molecule has 2 heterocycles. The summed E-state index contributed by atoms with van der Waals surface area (Å²) in [6.45, 7) is 8.74. The van der Waals surface area contributed by atoms with E-state index in [2.05, 4.69) is 42.3 Å². The molecule has 2 fully saturated rings. The molecule has 3 rings (SSSR count). The molecule has 2 saturated heterocycles. The second-order valence-electron chi connectivity index (χ2n) is 5.51. The van der Waals surface area contributed by atoms with E-state index in [1.807, 2.05) is 4.90 Å². The van der Waals surface area contributed by atoms with Crippen LogP contribution in [0.2, 0.25) is 0 Å². The monoisotopic (exact) mass is 259 g/mol. The van der Waals surface area contributed by atoms with Gasteiger partial charge in [-0.3, -0.25) is 9.69 Å². The lowest BCUT2D eigenvalue weighted by Gasteiger charge is -2.43. The van der Waals surface area contributed by atoms with E-state index in [4.69, 9.17) is 0 Å². The van der Waals surface area contributed by atoms with Crippen LogP contribution in [-0.2, 0) is 4.79 Å². The third-order valence-electron chi connectivity index (χ3n) is 4.32. The number of anilines is 1. The van der Waals surface area contributed by atoms with E-state index in [1.165, 1.54) is 11.1 Å². The van der Waals surface area contributed by atoms with Crippen LogP contribution in [-0.4, -0.2) is 49.6 Å². The van der Waals surface area contributed by atoms with Crippen molar-refractivity contribution in [3.05, 3.63) is 29.3 Å². The van der Waals surface area contributed by atoms with Crippen LogP contribution >= 0.6 is 0 Å². The molecule has 0 bridgehead atoms. The first-order valence-corrected chi connectivity index (χ1v) is 7.00. The number of benzene rings is 1. The Kier molecular flexibility index (Phi) is 3.29. The SMILES string of the molecule is Cc1ccc(N2CCN3CCNCC3C2=O)cc1C. The average molecular weight is 259 g/mol. The minimum Gasteiger partial charge on any atom is -0.313 e. The van der Waals surface area contributed by atoms with Crippen molar-refractivity contribution in [1.82, 2.24) is 10.2 Å². The smallest absolute Gasteiger partial charge is 0.245 e. The molecule has 0 aliphatic carbocycles. The number of piperazine rings is 2. The number of carbonyl (C=O) groups is 1. The summed E-state index contributed by atoms with van der Waals surface area (Å²) in [7, 11) is 0. The Morgan fingerprint density at radius 3 is 2.79 bits per heavy atom. The molecule has 0 aromatic heterocycles. The summed E-state index contributed by atoms with van der Waals surface area (Å²) in [4.78, 5) is 16.8. The zero-order valence-electron chi connectivity index (χ0n) is 11.6. The summed E-state index contributed by atoms with van der Waals surface area (Å²) in [5.41, 5.74) is 3.56. The lowest BCUT2D eigenvalue weighted by atomic mass is 10.1. The molecule has 1 amide bonds. The van der Waals surface area contributed by atoms with E-state index in [9.17, 15) is 4.79 Å². The van der Waals surface area contributed by atoms with Gasteiger partial charge in [0.05, 0.1) is 0 Å². The summed E-state index contributed by atoms with van der Waals surface area (Å²) in [6, 6.07) is 6.30. The number of fused-ring (bicyclic) bond motifs is 1. The predicted molar refractivity (Wildman–Crippen MR) is 76.5 cm³/mol. The molecule has 2 aliphatic rings. The van der Waals surface area contributed by atoms with Gasteiger partial charge in [-0.05, 0) is 37.1 Å². The molecule has 1 atom stereocenters. The van der Waals surface area contributed by atoms with Gasteiger partial charge in [0.15, 0.2) is 0 Å². The van der Waals surface area contributed by atoms with Gasteiger partial charge in [0.1, 0.15) is 6.04 Å². The first-order chi connectivity index (χ1) is 9.16. The Balaban J connectivity index is 1.85. The summed E-state index contributed by atoms with van der Waals surface area (Å²) >= 11 is 0. The van der Waals surface area contributed by atoms with E-state index in [0.29, 0.717) is 0 Å². The van der Waals surface area contributed by atoms with Crippen LogP contribution in [0.5, 0.6) is 0 Å². The summed E-state index contributed by atoms with van der Waals surface area (Å²) in [5.74, 6) is 0.238. The van der Waals surface area contributed by atoms with Crippen LogP contribution in [0.25, 0.3) is 0 Å². The molecule has 0 radical (unpaired) electrons. The normalized spacial score (nSPS) is 24.4. The number of amides is 1. The van der Waals surface area contributed by atoms with Gasteiger partial charge in [0, 0.05) is 38.4 Å². The summed E-state index contributed by atoms with van der Waals surface area (Å²) < 4.78 is 0. The number of aryl methyl sites for hydroxylation is 2. The van der Waals surface area contributed by atoms with Crippen molar-refractivity contribution in [3.63, 3.8) is 0 Å². The van der Waals surface area contributed by atoms with Gasteiger partial charge in [-0.25, -0.2) is 0 Å². The molecule has 4 nitrogen and oxygen atoms in total. The maximum absolute atomic E-state index is 12.6. The fraction of sp³-hybridized carbons (Fsp3) is 0.533. The van der Waals surface area contributed by atoms with Crippen LogP contribution in [0, 0.1) is 13.8 Å². The number of hydrogen-bond acceptors (Lipinski definition) is 3. The zero-order chi connectivity index (χ0) is 13.4. The maximum atomic E-state index is 12.6. The van der Waals surface area contributed by atoms with Gasteiger partial charge in [0.2, 0.25) is 5.91 Å². The summed E-state index contributed by atoms with van der Waals surface area (Å²) in [5, 5.41) is 3.32. The van der Waals surface area contributed by atoms with Gasteiger partial charge in [-0.2, -0.15) is 0 Å². The minimum absolute atomic E-state index is 0.0177. The van der Waals surface area contributed by atoms with E-state index >= 15 is 0 Å². The number of hydrogen-bond donors (Lipinski definition) is 1. The third-order valence-corrected chi connectivity index (χ3v) is 4.32. The minimum atomic E-state index is 0.0177. The van der Waals surface area contributed by atoms with E-state index in [1.54, 1.807) is 0 Å². The van der Waals surface area contributed by atoms with Gasteiger partial charge < -0.3 is 10.2 Å². The van der Waals surface area contributed by atoms with E-state index in [-0.39, 0.29) is 11.9 Å². The molecule has 102 valence electrons. The Labute approximate surface area is 114 Å². The predicted octanol–water partition coefficient (Wildman–Crippen LogP) is 0.924. The third kappa shape index (κ3) is 2.26. The van der Waals surface area contributed by atoms with Crippen molar-refractivity contribution in [2.75, 3.05) is 37.6 Å². The number of nitrogens with zero attached hydrogens (tertiary/aromatic N) is 2. The van der Waals surface area contributed by atoms with Crippen molar-refractivity contribution < 1.29 is 4.79 Å². The Hall–Kier alpha value is -1.39. The quantitative estimate of drug-likeness (QED) is 0.815.